The van der Waals surface area contributed by atoms with Gasteiger partial charge in [0.25, 0.3) is 0 Å². The molecule has 28 heavy (non-hydrogen) atoms. The van der Waals surface area contributed by atoms with E-state index < -0.39 is 0 Å². The maximum atomic E-state index is 12.5. The van der Waals surface area contributed by atoms with Crippen LogP contribution in [-0.4, -0.2) is 40.4 Å². The molecule has 1 amide bonds. The number of thiazole rings is 2. The van der Waals surface area contributed by atoms with Crippen molar-refractivity contribution in [1.29, 1.82) is 0 Å². The standard InChI is InChI=1S/C21H26N4OS2/c1-15-23-17(14-27-15)13-25-11-8-16(9-12-25)21(26)22-10-4-7-20-24-18-5-2-3-6-19(18)28-20/h2-3,5-6,14,16H,4,7-13H2,1H3,(H,22,26). The van der Waals surface area contributed by atoms with E-state index in [1.54, 1.807) is 22.7 Å². The second-order valence-corrected chi connectivity index (χ2v) is 9.56. The van der Waals surface area contributed by atoms with Gasteiger partial charge >= 0.3 is 0 Å². The van der Waals surface area contributed by atoms with Gasteiger partial charge in [-0.15, -0.1) is 22.7 Å². The van der Waals surface area contributed by atoms with Crippen LogP contribution in [0.3, 0.4) is 0 Å². The maximum absolute atomic E-state index is 12.5. The number of carbonyl (C=O) groups is 1. The van der Waals surface area contributed by atoms with Crippen LogP contribution in [0.1, 0.15) is 35.0 Å². The Hall–Kier alpha value is -1.83. The Morgan fingerprint density at radius 3 is 2.82 bits per heavy atom. The molecule has 0 unspecified atom stereocenters. The van der Waals surface area contributed by atoms with Crippen LogP contribution >= 0.6 is 22.7 Å². The summed E-state index contributed by atoms with van der Waals surface area (Å²) in [4.78, 5) is 24.1. The van der Waals surface area contributed by atoms with Crippen LogP contribution in [-0.2, 0) is 17.8 Å². The summed E-state index contributed by atoms with van der Waals surface area (Å²) in [5.41, 5.74) is 2.23. The number of likely N-dealkylation sites (tertiary alicyclic amines) is 1. The molecule has 3 aromatic rings. The van der Waals surface area contributed by atoms with Crippen LogP contribution in [0.2, 0.25) is 0 Å². The third-order valence-electron chi connectivity index (χ3n) is 5.22. The lowest BCUT2D eigenvalue weighted by Crippen LogP contribution is -2.40. The van der Waals surface area contributed by atoms with Crippen molar-refractivity contribution in [1.82, 2.24) is 20.2 Å². The summed E-state index contributed by atoms with van der Waals surface area (Å²) >= 11 is 3.46. The molecule has 0 spiro atoms. The Labute approximate surface area is 173 Å². The average Bonchev–Trinajstić information content (AvgIpc) is 3.31. The number of hydrogen-bond acceptors (Lipinski definition) is 6. The number of benzene rings is 1. The number of aryl methyl sites for hydroxylation is 2. The molecule has 1 N–H and O–H groups in total. The molecule has 3 heterocycles. The van der Waals surface area contributed by atoms with Gasteiger partial charge in [-0.25, -0.2) is 9.97 Å². The average molecular weight is 415 g/mol. The molecule has 0 atom stereocenters. The van der Waals surface area contributed by atoms with Crippen molar-refractivity contribution in [3.63, 3.8) is 0 Å². The topological polar surface area (TPSA) is 58.1 Å². The quantitative estimate of drug-likeness (QED) is 0.593. The Morgan fingerprint density at radius 1 is 1.25 bits per heavy atom. The van der Waals surface area contributed by atoms with Gasteiger partial charge in [0.15, 0.2) is 0 Å². The number of piperidine rings is 1. The maximum Gasteiger partial charge on any atom is 0.223 e. The van der Waals surface area contributed by atoms with Crippen LogP contribution in [0.15, 0.2) is 29.6 Å². The molecule has 1 saturated heterocycles. The minimum absolute atomic E-state index is 0.149. The first-order chi connectivity index (χ1) is 13.7. The van der Waals surface area contributed by atoms with Crippen molar-refractivity contribution < 1.29 is 4.79 Å². The van der Waals surface area contributed by atoms with Gasteiger partial charge < -0.3 is 5.32 Å². The molecule has 5 nitrogen and oxygen atoms in total. The van der Waals surface area contributed by atoms with Gasteiger partial charge in [0.2, 0.25) is 5.91 Å². The van der Waals surface area contributed by atoms with Crippen molar-refractivity contribution in [2.45, 2.75) is 39.2 Å². The monoisotopic (exact) mass is 414 g/mol. The van der Waals surface area contributed by atoms with Crippen LogP contribution in [0.5, 0.6) is 0 Å². The highest BCUT2D eigenvalue weighted by Gasteiger charge is 2.25. The summed E-state index contributed by atoms with van der Waals surface area (Å²) in [5, 5.41) is 7.55. The number of amides is 1. The SMILES string of the molecule is Cc1nc(CN2CCC(C(=O)NCCCc3nc4ccccc4s3)CC2)cs1. The number of nitrogens with one attached hydrogen (secondary N) is 1. The van der Waals surface area contributed by atoms with Crippen molar-refractivity contribution in [2.24, 2.45) is 5.92 Å². The molecule has 1 aliphatic rings. The summed E-state index contributed by atoms with van der Waals surface area (Å²) in [6, 6.07) is 8.24. The van der Waals surface area contributed by atoms with Gasteiger partial charge in [-0.3, -0.25) is 9.69 Å². The smallest absolute Gasteiger partial charge is 0.223 e. The van der Waals surface area contributed by atoms with Crippen LogP contribution in [0, 0.1) is 12.8 Å². The van der Waals surface area contributed by atoms with Gasteiger partial charge in [0.05, 0.1) is 25.9 Å². The molecule has 1 fully saturated rings. The number of aromatic nitrogens is 2. The van der Waals surface area contributed by atoms with E-state index in [-0.39, 0.29) is 11.8 Å². The minimum Gasteiger partial charge on any atom is -0.356 e. The lowest BCUT2D eigenvalue weighted by molar-refractivity contribution is -0.126. The zero-order valence-corrected chi connectivity index (χ0v) is 17.8. The third kappa shape index (κ3) is 4.96. The van der Waals surface area contributed by atoms with E-state index >= 15 is 0 Å². The molecule has 1 aromatic carbocycles. The predicted molar refractivity (Wildman–Crippen MR) is 116 cm³/mol. The second-order valence-electron chi connectivity index (χ2n) is 7.38. The second kappa shape index (κ2) is 9.11. The largest absolute Gasteiger partial charge is 0.356 e. The zero-order valence-electron chi connectivity index (χ0n) is 16.2. The first kappa shape index (κ1) is 19.5. The van der Waals surface area contributed by atoms with E-state index in [9.17, 15) is 4.79 Å². The van der Waals surface area contributed by atoms with Gasteiger partial charge in [0.1, 0.15) is 0 Å². The molecule has 0 aliphatic carbocycles. The van der Waals surface area contributed by atoms with E-state index in [2.05, 4.69) is 37.7 Å². The van der Waals surface area contributed by atoms with Crippen molar-refractivity contribution in [3.8, 4) is 0 Å². The summed E-state index contributed by atoms with van der Waals surface area (Å²) in [5.74, 6) is 0.365. The first-order valence-corrected chi connectivity index (χ1v) is 11.6. The fourth-order valence-corrected chi connectivity index (χ4v) is 5.30. The third-order valence-corrected chi connectivity index (χ3v) is 7.13. The van der Waals surface area contributed by atoms with Gasteiger partial charge in [-0.05, 0) is 51.4 Å². The first-order valence-electron chi connectivity index (χ1n) is 9.93. The van der Waals surface area contributed by atoms with Crippen molar-refractivity contribution in [3.05, 3.63) is 45.4 Å². The summed E-state index contributed by atoms with van der Waals surface area (Å²) in [7, 11) is 0. The van der Waals surface area contributed by atoms with E-state index in [1.165, 1.54) is 4.70 Å². The normalized spacial score (nSPS) is 15.9. The molecular weight excluding hydrogens is 388 g/mol. The number of para-hydroxylation sites is 1. The number of rotatable bonds is 7. The minimum atomic E-state index is 0.149. The zero-order chi connectivity index (χ0) is 19.3. The van der Waals surface area contributed by atoms with Crippen LogP contribution in [0.4, 0.5) is 0 Å². The van der Waals surface area contributed by atoms with E-state index in [0.29, 0.717) is 0 Å². The molecule has 148 valence electrons. The van der Waals surface area contributed by atoms with E-state index in [0.717, 1.165) is 73.1 Å². The molecule has 0 saturated carbocycles. The molecule has 0 bridgehead atoms. The van der Waals surface area contributed by atoms with Crippen molar-refractivity contribution >= 4 is 38.8 Å². The summed E-state index contributed by atoms with van der Waals surface area (Å²) in [6.45, 7) is 5.62. The molecular formula is C21H26N4OS2. The van der Waals surface area contributed by atoms with Gasteiger partial charge in [-0.2, -0.15) is 0 Å². The summed E-state index contributed by atoms with van der Waals surface area (Å²) in [6.07, 6.45) is 3.73. The molecule has 1 aliphatic heterocycles. The number of nitrogens with zero attached hydrogens (tertiary/aromatic N) is 3. The lowest BCUT2D eigenvalue weighted by Gasteiger charge is -2.30. The summed E-state index contributed by atoms with van der Waals surface area (Å²) < 4.78 is 1.24. The highest BCUT2D eigenvalue weighted by Crippen LogP contribution is 2.23. The van der Waals surface area contributed by atoms with E-state index in [4.69, 9.17) is 0 Å². The predicted octanol–water partition coefficient (Wildman–Crippen LogP) is 4.02. The number of hydrogen-bond donors (Lipinski definition) is 1. The lowest BCUT2D eigenvalue weighted by atomic mass is 9.96. The van der Waals surface area contributed by atoms with E-state index in [1.807, 2.05) is 19.1 Å². The Kier molecular flexibility index (Phi) is 6.34. The molecule has 0 radical (unpaired) electrons. The van der Waals surface area contributed by atoms with Crippen molar-refractivity contribution in [2.75, 3.05) is 19.6 Å². The number of fused-ring (bicyclic) bond motifs is 1. The van der Waals surface area contributed by atoms with Crippen LogP contribution in [0.25, 0.3) is 10.2 Å². The Morgan fingerprint density at radius 2 is 2.07 bits per heavy atom. The van der Waals surface area contributed by atoms with Gasteiger partial charge in [-0.1, -0.05) is 12.1 Å². The Balaban J connectivity index is 1.15. The molecule has 2 aromatic heterocycles. The van der Waals surface area contributed by atoms with Crippen LogP contribution < -0.4 is 5.32 Å². The Bertz CT molecular complexity index is 894. The molecule has 4 rings (SSSR count). The fraction of sp³-hybridized carbons (Fsp3) is 0.476. The number of carbonyl (C=O) groups excluding carboxylic acids is 1. The highest BCUT2D eigenvalue weighted by atomic mass is 32.1. The van der Waals surface area contributed by atoms with Gasteiger partial charge in [0, 0.05) is 30.8 Å². The highest BCUT2D eigenvalue weighted by molar-refractivity contribution is 7.18. The molecule has 7 heteroatoms. The fourth-order valence-electron chi connectivity index (χ4n) is 3.69.